The molecule has 0 aromatic heterocycles. The van der Waals surface area contributed by atoms with Crippen LogP contribution in [-0.2, 0) is 4.74 Å². The van der Waals surface area contributed by atoms with Crippen LogP contribution < -0.4 is 5.73 Å². The summed E-state index contributed by atoms with van der Waals surface area (Å²) in [5.74, 6) is 0.748. The average Bonchev–Trinajstić information content (AvgIpc) is 2.26. The minimum atomic E-state index is -0.404. The molecule has 0 spiro atoms. The Morgan fingerprint density at radius 2 is 1.95 bits per heavy atom. The SMILES string of the molecule is CC1CC(OC2CCCC(N)(CO)C2)CC(C)(C)C1. The molecule has 2 rings (SSSR count). The van der Waals surface area contributed by atoms with E-state index in [9.17, 15) is 5.11 Å². The van der Waals surface area contributed by atoms with Crippen molar-refractivity contribution in [1.29, 1.82) is 0 Å². The minimum absolute atomic E-state index is 0.0828. The predicted octanol–water partition coefficient (Wildman–Crippen LogP) is 2.85. The van der Waals surface area contributed by atoms with Crippen LogP contribution in [0.3, 0.4) is 0 Å². The number of rotatable bonds is 3. The molecule has 2 fully saturated rings. The molecule has 2 aliphatic carbocycles. The Kier molecular flexibility index (Phi) is 4.59. The molecular weight excluding hydrogens is 238 g/mol. The predicted molar refractivity (Wildman–Crippen MR) is 77.9 cm³/mol. The van der Waals surface area contributed by atoms with E-state index in [4.69, 9.17) is 10.5 Å². The summed E-state index contributed by atoms with van der Waals surface area (Å²) in [6, 6.07) is 0. The lowest BCUT2D eigenvalue weighted by atomic mass is 9.71. The second kappa shape index (κ2) is 5.71. The number of hydrogen-bond acceptors (Lipinski definition) is 3. The highest BCUT2D eigenvalue weighted by Gasteiger charge is 2.37. The Bertz CT molecular complexity index is 305. The third kappa shape index (κ3) is 4.17. The molecule has 4 unspecified atom stereocenters. The summed E-state index contributed by atoms with van der Waals surface area (Å²) in [5.41, 5.74) is 6.20. The fourth-order valence-electron chi connectivity index (χ4n) is 4.23. The normalized spacial score (nSPS) is 43.1. The molecule has 3 N–H and O–H groups in total. The van der Waals surface area contributed by atoms with Crippen LogP contribution in [0.4, 0.5) is 0 Å². The van der Waals surface area contributed by atoms with Crippen LogP contribution in [0.1, 0.15) is 65.7 Å². The zero-order valence-electron chi connectivity index (χ0n) is 12.8. The van der Waals surface area contributed by atoms with Gasteiger partial charge in [-0.15, -0.1) is 0 Å². The van der Waals surface area contributed by atoms with Crippen LogP contribution in [0.15, 0.2) is 0 Å². The summed E-state index contributed by atoms with van der Waals surface area (Å²) in [4.78, 5) is 0. The Morgan fingerprint density at radius 3 is 2.58 bits per heavy atom. The fraction of sp³-hybridized carbons (Fsp3) is 1.00. The van der Waals surface area contributed by atoms with E-state index in [0.29, 0.717) is 11.5 Å². The summed E-state index contributed by atoms with van der Waals surface area (Å²) >= 11 is 0. The second-order valence-corrected chi connectivity index (χ2v) is 7.91. The lowest BCUT2D eigenvalue weighted by Crippen LogP contribution is -2.50. The van der Waals surface area contributed by atoms with Gasteiger partial charge in [0.25, 0.3) is 0 Å². The largest absolute Gasteiger partial charge is 0.394 e. The Balaban J connectivity index is 1.90. The second-order valence-electron chi connectivity index (χ2n) is 7.91. The third-order valence-electron chi connectivity index (χ3n) is 4.88. The topological polar surface area (TPSA) is 55.5 Å². The van der Waals surface area contributed by atoms with Crippen molar-refractivity contribution in [1.82, 2.24) is 0 Å². The van der Waals surface area contributed by atoms with Crippen molar-refractivity contribution in [2.24, 2.45) is 17.1 Å². The fourth-order valence-corrected chi connectivity index (χ4v) is 4.23. The lowest BCUT2D eigenvalue weighted by Gasteiger charge is -2.43. The highest BCUT2D eigenvalue weighted by molar-refractivity contribution is 4.92. The molecule has 2 aliphatic rings. The first-order valence-electron chi connectivity index (χ1n) is 7.87. The highest BCUT2D eigenvalue weighted by atomic mass is 16.5. The molecule has 0 aromatic carbocycles. The molecule has 0 bridgehead atoms. The third-order valence-corrected chi connectivity index (χ3v) is 4.88. The first-order chi connectivity index (χ1) is 8.82. The van der Waals surface area contributed by atoms with Gasteiger partial charge in [0, 0.05) is 5.54 Å². The maximum Gasteiger partial charge on any atom is 0.0612 e. The molecule has 0 radical (unpaired) electrons. The van der Waals surface area contributed by atoms with Gasteiger partial charge in [0.05, 0.1) is 18.8 Å². The van der Waals surface area contributed by atoms with Gasteiger partial charge in [-0.2, -0.15) is 0 Å². The summed E-state index contributed by atoms with van der Waals surface area (Å²) in [6.07, 6.45) is 8.18. The Morgan fingerprint density at radius 1 is 1.21 bits per heavy atom. The van der Waals surface area contributed by atoms with Gasteiger partial charge >= 0.3 is 0 Å². The van der Waals surface area contributed by atoms with E-state index < -0.39 is 5.54 Å². The summed E-state index contributed by atoms with van der Waals surface area (Å²) in [5, 5.41) is 9.42. The standard InChI is InChI=1S/C16H31NO2/c1-12-7-14(9-15(2,3)8-12)19-13-5-4-6-16(17,10-13)11-18/h12-14,18H,4-11,17H2,1-3H3. The van der Waals surface area contributed by atoms with Crippen molar-refractivity contribution in [3.05, 3.63) is 0 Å². The first kappa shape index (κ1) is 15.3. The van der Waals surface area contributed by atoms with E-state index in [1.165, 1.54) is 12.8 Å². The average molecular weight is 269 g/mol. The van der Waals surface area contributed by atoms with Gasteiger partial charge in [0.1, 0.15) is 0 Å². The van der Waals surface area contributed by atoms with Crippen molar-refractivity contribution < 1.29 is 9.84 Å². The van der Waals surface area contributed by atoms with E-state index in [-0.39, 0.29) is 12.7 Å². The molecule has 0 aliphatic heterocycles. The van der Waals surface area contributed by atoms with Crippen LogP contribution in [0.2, 0.25) is 0 Å². The molecule has 0 heterocycles. The molecular formula is C16H31NO2. The van der Waals surface area contributed by atoms with Crippen molar-refractivity contribution >= 4 is 0 Å². The highest BCUT2D eigenvalue weighted by Crippen LogP contribution is 2.41. The summed E-state index contributed by atoms with van der Waals surface area (Å²) in [6.45, 7) is 7.11. The van der Waals surface area contributed by atoms with Crippen molar-refractivity contribution in [3.8, 4) is 0 Å². The molecule has 0 saturated heterocycles. The van der Waals surface area contributed by atoms with Gasteiger partial charge in [-0.1, -0.05) is 20.8 Å². The lowest BCUT2D eigenvalue weighted by molar-refractivity contribution is -0.0889. The summed E-state index contributed by atoms with van der Waals surface area (Å²) < 4.78 is 6.34. The van der Waals surface area contributed by atoms with Crippen LogP contribution in [0, 0.1) is 11.3 Å². The number of hydrogen-bond donors (Lipinski definition) is 2. The number of nitrogens with two attached hydrogens (primary N) is 1. The Hall–Kier alpha value is -0.120. The summed E-state index contributed by atoms with van der Waals surface area (Å²) in [7, 11) is 0. The van der Waals surface area contributed by atoms with E-state index >= 15 is 0 Å². The van der Waals surface area contributed by atoms with Crippen molar-refractivity contribution in [3.63, 3.8) is 0 Å². The monoisotopic (exact) mass is 269 g/mol. The van der Waals surface area contributed by atoms with E-state index in [2.05, 4.69) is 20.8 Å². The molecule has 3 nitrogen and oxygen atoms in total. The maximum absolute atomic E-state index is 9.42. The van der Waals surface area contributed by atoms with Crippen LogP contribution in [0.25, 0.3) is 0 Å². The van der Waals surface area contributed by atoms with Crippen LogP contribution in [-0.4, -0.2) is 29.5 Å². The van der Waals surface area contributed by atoms with Gasteiger partial charge in [0.15, 0.2) is 0 Å². The van der Waals surface area contributed by atoms with Gasteiger partial charge in [-0.25, -0.2) is 0 Å². The molecule has 0 amide bonds. The number of ether oxygens (including phenoxy) is 1. The van der Waals surface area contributed by atoms with E-state index in [1.807, 2.05) is 0 Å². The zero-order chi connectivity index (χ0) is 14.1. The maximum atomic E-state index is 9.42. The quantitative estimate of drug-likeness (QED) is 0.828. The van der Waals surface area contributed by atoms with E-state index in [1.54, 1.807) is 0 Å². The van der Waals surface area contributed by atoms with Gasteiger partial charge < -0.3 is 15.6 Å². The number of aliphatic hydroxyl groups is 1. The van der Waals surface area contributed by atoms with Crippen LogP contribution >= 0.6 is 0 Å². The molecule has 0 aromatic rings. The van der Waals surface area contributed by atoms with Gasteiger partial charge in [-0.05, 0) is 56.3 Å². The van der Waals surface area contributed by atoms with Crippen molar-refractivity contribution in [2.75, 3.05) is 6.61 Å². The molecule has 19 heavy (non-hydrogen) atoms. The first-order valence-corrected chi connectivity index (χ1v) is 7.87. The molecule has 3 heteroatoms. The Labute approximate surface area is 117 Å². The zero-order valence-corrected chi connectivity index (χ0v) is 12.8. The molecule has 2 saturated carbocycles. The molecule has 4 atom stereocenters. The smallest absolute Gasteiger partial charge is 0.0612 e. The van der Waals surface area contributed by atoms with Gasteiger partial charge in [-0.3, -0.25) is 0 Å². The van der Waals surface area contributed by atoms with E-state index in [0.717, 1.165) is 38.0 Å². The van der Waals surface area contributed by atoms with Crippen molar-refractivity contribution in [2.45, 2.75) is 83.5 Å². The van der Waals surface area contributed by atoms with Crippen LogP contribution in [0.5, 0.6) is 0 Å². The molecule has 112 valence electrons. The minimum Gasteiger partial charge on any atom is -0.394 e. The number of aliphatic hydroxyl groups excluding tert-OH is 1. The van der Waals surface area contributed by atoms with Gasteiger partial charge in [0.2, 0.25) is 0 Å².